The average molecular weight is 505 g/mol. The van der Waals surface area contributed by atoms with Gasteiger partial charge >= 0.3 is 6.18 Å². The molecule has 2 aromatic rings. The zero-order valence-electron chi connectivity index (χ0n) is 21.1. The Bertz CT molecular complexity index is 995. The highest BCUT2D eigenvalue weighted by Crippen LogP contribution is 2.40. The maximum atomic E-state index is 12.9. The van der Waals surface area contributed by atoms with Crippen LogP contribution in [0, 0.1) is 17.8 Å². The fourth-order valence-corrected chi connectivity index (χ4v) is 6.74. The van der Waals surface area contributed by atoms with Crippen LogP contribution in [0.2, 0.25) is 0 Å². The first-order chi connectivity index (χ1) is 17.4. The van der Waals surface area contributed by atoms with Crippen LogP contribution in [-0.2, 0) is 4.79 Å². The molecule has 3 aliphatic rings. The van der Waals surface area contributed by atoms with Gasteiger partial charge in [-0.1, -0.05) is 18.2 Å². The minimum absolute atomic E-state index is 0.0210. The van der Waals surface area contributed by atoms with E-state index in [-0.39, 0.29) is 30.7 Å². The molecule has 2 heterocycles. The predicted molar refractivity (Wildman–Crippen MR) is 135 cm³/mol. The molecule has 2 aliphatic carbocycles. The molecule has 198 valence electrons. The van der Waals surface area contributed by atoms with Crippen LogP contribution in [-0.4, -0.2) is 42.7 Å². The van der Waals surface area contributed by atoms with Crippen molar-refractivity contribution >= 4 is 16.9 Å². The number of likely N-dealkylation sites (tertiary alicyclic amines) is 1. The van der Waals surface area contributed by atoms with Crippen molar-refractivity contribution in [3.05, 3.63) is 36.1 Å². The number of hydrogen-bond donors (Lipinski definition) is 1. The van der Waals surface area contributed by atoms with Crippen molar-refractivity contribution in [1.82, 2.24) is 10.2 Å². The zero-order valence-corrected chi connectivity index (χ0v) is 21.1. The molecule has 0 radical (unpaired) electrons. The van der Waals surface area contributed by atoms with Crippen molar-refractivity contribution < 1.29 is 22.4 Å². The molecule has 4 nitrogen and oxygen atoms in total. The third-order valence-electron chi connectivity index (χ3n) is 9.15. The normalized spacial score (nSPS) is 28.9. The Morgan fingerprint density at radius 1 is 0.944 bits per heavy atom. The van der Waals surface area contributed by atoms with Crippen LogP contribution < -0.4 is 5.32 Å². The molecule has 3 fully saturated rings. The van der Waals surface area contributed by atoms with E-state index in [1.165, 1.54) is 30.2 Å². The molecule has 0 unspecified atom stereocenters. The first kappa shape index (κ1) is 25.6. The van der Waals surface area contributed by atoms with Gasteiger partial charge in [-0.3, -0.25) is 4.79 Å². The number of nitrogens with zero attached hydrogens (tertiary/aromatic N) is 1. The monoisotopic (exact) mass is 504 g/mol. The number of rotatable bonds is 6. The summed E-state index contributed by atoms with van der Waals surface area (Å²) in [7, 11) is 0. The summed E-state index contributed by atoms with van der Waals surface area (Å²) >= 11 is 0. The Morgan fingerprint density at radius 3 is 2.33 bits per heavy atom. The van der Waals surface area contributed by atoms with Gasteiger partial charge in [0.05, 0.1) is 12.2 Å². The van der Waals surface area contributed by atoms with Crippen molar-refractivity contribution in [3.8, 4) is 0 Å². The van der Waals surface area contributed by atoms with Crippen LogP contribution >= 0.6 is 0 Å². The minimum Gasteiger partial charge on any atom is -0.464 e. The van der Waals surface area contributed by atoms with E-state index in [4.69, 9.17) is 4.42 Å². The van der Waals surface area contributed by atoms with Gasteiger partial charge in [-0.2, -0.15) is 13.2 Å². The average Bonchev–Trinajstić information content (AvgIpc) is 3.32. The summed E-state index contributed by atoms with van der Waals surface area (Å²) in [6.07, 6.45) is 6.52. The van der Waals surface area contributed by atoms with Gasteiger partial charge in [0.2, 0.25) is 5.91 Å². The van der Waals surface area contributed by atoms with E-state index >= 15 is 0 Å². The van der Waals surface area contributed by atoms with E-state index in [2.05, 4.69) is 22.3 Å². The largest absolute Gasteiger partial charge is 0.464 e. The Labute approximate surface area is 212 Å². The summed E-state index contributed by atoms with van der Waals surface area (Å²) in [4.78, 5) is 15.2. The van der Waals surface area contributed by atoms with Gasteiger partial charge in [-0.25, -0.2) is 0 Å². The second kappa shape index (κ2) is 11.2. The SMILES string of the molecule is O=C(NC1CCC(CCN2CCC(c3coc4ccccc34)CC2)CC1)[C@H]1CC[C@H](C(F)(F)F)CC1. The highest BCUT2D eigenvalue weighted by Gasteiger charge is 2.42. The van der Waals surface area contributed by atoms with Gasteiger partial charge in [-0.15, -0.1) is 0 Å². The van der Waals surface area contributed by atoms with Crippen molar-refractivity contribution in [2.45, 2.75) is 88.8 Å². The number of piperidine rings is 1. The van der Waals surface area contributed by atoms with Gasteiger partial charge < -0.3 is 14.6 Å². The van der Waals surface area contributed by atoms with Crippen molar-refractivity contribution in [1.29, 1.82) is 0 Å². The van der Waals surface area contributed by atoms with E-state index in [9.17, 15) is 18.0 Å². The minimum atomic E-state index is -4.12. The summed E-state index contributed by atoms with van der Waals surface area (Å²) in [6.45, 7) is 3.40. The van der Waals surface area contributed by atoms with Crippen LogP contribution in [0.15, 0.2) is 34.9 Å². The number of halogens is 3. The Morgan fingerprint density at radius 2 is 1.64 bits per heavy atom. The summed E-state index contributed by atoms with van der Waals surface area (Å²) < 4.78 is 44.4. The molecule has 36 heavy (non-hydrogen) atoms. The fourth-order valence-electron chi connectivity index (χ4n) is 6.74. The Balaban J connectivity index is 0.982. The van der Waals surface area contributed by atoms with E-state index in [1.54, 1.807) is 0 Å². The lowest BCUT2D eigenvalue weighted by molar-refractivity contribution is -0.184. The smallest absolute Gasteiger partial charge is 0.391 e. The summed E-state index contributed by atoms with van der Waals surface area (Å²) in [5.74, 6) is -0.215. The highest BCUT2D eigenvalue weighted by molar-refractivity contribution is 5.81. The summed E-state index contributed by atoms with van der Waals surface area (Å²) in [5, 5.41) is 4.42. The second-order valence-corrected chi connectivity index (χ2v) is 11.4. The number of alkyl halides is 3. The summed E-state index contributed by atoms with van der Waals surface area (Å²) in [5.41, 5.74) is 2.34. The van der Waals surface area contributed by atoms with Gasteiger partial charge in [0.15, 0.2) is 0 Å². The molecule has 2 saturated carbocycles. The van der Waals surface area contributed by atoms with Crippen LogP contribution in [0.3, 0.4) is 0 Å². The van der Waals surface area contributed by atoms with Crippen molar-refractivity contribution in [2.75, 3.05) is 19.6 Å². The number of hydrogen-bond acceptors (Lipinski definition) is 3. The van der Waals surface area contributed by atoms with E-state index < -0.39 is 12.1 Å². The van der Waals surface area contributed by atoms with Gasteiger partial charge in [0, 0.05) is 22.9 Å². The molecule has 1 N–H and O–H groups in total. The second-order valence-electron chi connectivity index (χ2n) is 11.4. The number of para-hydroxylation sites is 1. The highest BCUT2D eigenvalue weighted by atomic mass is 19.4. The lowest BCUT2D eigenvalue weighted by Crippen LogP contribution is -2.43. The van der Waals surface area contributed by atoms with Gasteiger partial charge in [0.25, 0.3) is 0 Å². The molecule has 0 spiro atoms. The summed E-state index contributed by atoms with van der Waals surface area (Å²) in [6, 6.07) is 8.49. The van der Waals surface area contributed by atoms with E-state index in [1.807, 2.05) is 18.4 Å². The third kappa shape index (κ3) is 6.09. The molecule has 1 aliphatic heterocycles. The van der Waals surface area contributed by atoms with Gasteiger partial charge in [0.1, 0.15) is 5.58 Å². The fraction of sp³-hybridized carbons (Fsp3) is 0.690. The zero-order chi connectivity index (χ0) is 25.1. The number of furan rings is 1. The Kier molecular flexibility index (Phi) is 7.94. The molecule has 1 saturated heterocycles. The molecule has 0 bridgehead atoms. The lowest BCUT2D eigenvalue weighted by Gasteiger charge is -2.35. The first-order valence-corrected chi connectivity index (χ1v) is 13.9. The lowest BCUT2D eigenvalue weighted by atomic mass is 9.80. The van der Waals surface area contributed by atoms with Gasteiger partial charge in [-0.05, 0) is 108 Å². The van der Waals surface area contributed by atoms with E-state index in [0.717, 1.165) is 50.9 Å². The molecule has 1 amide bonds. The molecule has 1 aromatic carbocycles. The quantitative estimate of drug-likeness (QED) is 0.459. The topological polar surface area (TPSA) is 45.5 Å². The van der Waals surface area contributed by atoms with Crippen LogP contribution in [0.4, 0.5) is 13.2 Å². The first-order valence-electron chi connectivity index (χ1n) is 13.9. The molecule has 1 aromatic heterocycles. The number of benzene rings is 1. The number of amides is 1. The standard InChI is InChI=1S/C29H39F3N2O2/c30-29(31,32)23-9-7-22(8-10-23)28(35)33-24-11-5-20(6-12-24)13-16-34-17-14-21(15-18-34)26-19-36-27-4-2-1-3-25(26)27/h1-4,19-24H,5-18H2,(H,33,35)/t20?,22-,23-,24?. The number of carbonyl (C=O) groups excluding carboxylic acids is 1. The molecule has 5 rings (SSSR count). The molecule has 0 atom stereocenters. The number of fused-ring (bicyclic) bond motifs is 1. The number of nitrogens with one attached hydrogen (secondary N) is 1. The maximum Gasteiger partial charge on any atom is 0.391 e. The van der Waals surface area contributed by atoms with Crippen LogP contribution in [0.25, 0.3) is 11.0 Å². The number of carbonyl (C=O) groups is 1. The molecular formula is C29H39F3N2O2. The Hall–Kier alpha value is -2.02. The van der Waals surface area contributed by atoms with Crippen LogP contribution in [0.1, 0.15) is 82.1 Å². The van der Waals surface area contributed by atoms with Crippen molar-refractivity contribution in [3.63, 3.8) is 0 Å². The maximum absolute atomic E-state index is 12.9. The third-order valence-corrected chi connectivity index (χ3v) is 9.15. The van der Waals surface area contributed by atoms with Crippen molar-refractivity contribution in [2.24, 2.45) is 17.8 Å². The predicted octanol–water partition coefficient (Wildman–Crippen LogP) is 7.05. The molecule has 7 heteroatoms. The molecular weight excluding hydrogens is 465 g/mol. The van der Waals surface area contributed by atoms with Crippen LogP contribution in [0.5, 0.6) is 0 Å². The van der Waals surface area contributed by atoms with E-state index in [0.29, 0.717) is 24.7 Å².